The minimum atomic E-state index is -2.13. The standard InChI is InChI=1S/C8H19O2PS3/c1-4-7-8(14-13)11(12,9-5-2)10-6-3/h8,13H,4-7H2,1-3H3. The number of rotatable bonds is 8. The van der Waals surface area contributed by atoms with Crippen molar-refractivity contribution < 1.29 is 9.05 Å². The maximum Gasteiger partial charge on any atom is 0.202 e. The fourth-order valence-electron chi connectivity index (χ4n) is 1.08. The largest absolute Gasteiger partial charge is 0.329 e. The quantitative estimate of drug-likeness (QED) is 0.408. The Bertz CT molecular complexity index is 179. The van der Waals surface area contributed by atoms with Crippen LogP contribution in [0.3, 0.4) is 0 Å². The van der Waals surface area contributed by atoms with E-state index < -0.39 is 6.49 Å². The van der Waals surface area contributed by atoms with Gasteiger partial charge in [0, 0.05) is 0 Å². The Morgan fingerprint density at radius 1 is 1.29 bits per heavy atom. The Morgan fingerprint density at radius 2 is 1.79 bits per heavy atom. The Morgan fingerprint density at radius 3 is 2.07 bits per heavy atom. The molecule has 0 heterocycles. The Balaban J connectivity index is 4.48. The highest BCUT2D eigenvalue weighted by Crippen LogP contribution is 2.59. The molecular weight excluding hydrogens is 255 g/mol. The third-order valence-electron chi connectivity index (χ3n) is 1.63. The normalized spacial score (nSPS) is 14.3. The van der Waals surface area contributed by atoms with E-state index >= 15 is 0 Å². The highest BCUT2D eigenvalue weighted by Gasteiger charge is 2.29. The first kappa shape index (κ1) is 15.3. The molecule has 0 amide bonds. The predicted molar refractivity (Wildman–Crippen MR) is 72.8 cm³/mol. The smallest absolute Gasteiger partial charge is 0.202 e. The molecule has 0 aromatic rings. The Kier molecular flexibility index (Phi) is 9.19. The van der Waals surface area contributed by atoms with E-state index in [2.05, 4.69) is 18.6 Å². The van der Waals surface area contributed by atoms with Crippen LogP contribution in [0, 0.1) is 0 Å². The average molecular weight is 274 g/mol. The molecule has 0 aliphatic heterocycles. The van der Waals surface area contributed by atoms with Gasteiger partial charge in [0.25, 0.3) is 0 Å². The summed E-state index contributed by atoms with van der Waals surface area (Å²) in [6.07, 6.45) is 2.09. The number of hydrogen-bond acceptors (Lipinski definition) is 5. The molecule has 0 aromatic heterocycles. The topological polar surface area (TPSA) is 18.5 Å². The van der Waals surface area contributed by atoms with Crippen molar-refractivity contribution in [3.05, 3.63) is 0 Å². The van der Waals surface area contributed by atoms with Gasteiger partial charge in [-0.3, -0.25) is 0 Å². The first-order valence-electron chi connectivity index (χ1n) is 4.83. The second-order valence-electron chi connectivity index (χ2n) is 2.72. The van der Waals surface area contributed by atoms with Gasteiger partial charge in [-0.2, -0.15) is 0 Å². The molecule has 1 atom stereocenters. The Labute approximate surface area is 101 Å². The van der Waals surface area contributed by atoms with Crippen LogP contribution >= 0.6 is 28.9 Å². The van der Waals surface area contributed by atoms with Crippen molar-refractivity contribution >= 4 is 40.8 Å². The van der Waals surface area contributed by atoms with Crippen molar-refractivity contribution in [1.82, 2.24) is 0 Å². The molecule has 0 aliphatic rings. The highest BCUT2D eigenvalue weighted by atomic mass is 33.1. The average Bonchev–Trinajstić information content (AvgIpc) is 2.14. The van der Waals surface area contributed by atoms with Gasteiger partial charge in [-0.15, -0.1) is 11.7 Å². The zero-order chi connectivity index (χ0) is 11.0. The lowest BCUT2D eigenvalue weighted by Gasteiger charge is -2.27. The summed E-state index contributed by atoms with van der Waals surface area (Å²) < 4.78 is 11.2. The van der Waals surface area contributed by atoms with Gasteiger partial charge in [0.2, 0.25) is 6.49 Å². The lowest BCUT2D eigenvalue weighted by molar-refractivity contribution is 0.264. The molecule has 0 saturated carbocycles. The van der Waals surface area contributed by atoms with Gasteiger partial charge in [-0.05, 0) is 32.1 Å². The van der Waals surface area contributed by atoms with Crippen LogP contribution in [-0.2, 0) is 20.9 Å². The van der Waals surface area contributed by atoms with Crippen molar-refractivity contribution in [2.45, 2.75) is 38.6 Å². The minimum Gasteiger partial charge on any atom is -0.329 e. The fourth-order valence-corrected chi connectivity index (χ4v) is 7.29. The van der Waals surface area contributed by atoms with Crippen LogP contribution in [0.2, 0.25) is 0 Å². The summed E-state index contributed by atoms with van der Waals surface area (Å²) in [5, 5.41) is 0. The van der Waals surface area contributed by atoms with Gasteiger partial charge >= 0.3 is 0 Å². The van der Waals surface area contributed by atoms with Crippen molar-refractivity contribution in [3.8, 4) is 0 Å². The summed E-state index contributed by atoms with van der Waals surface area (Å²) in [5.74, 6) is 0. The highest BCUT2D eigenvalue weighted by molar-refractivity contribution is 8.70. The van der Waals surface area contributed by atoms with Gasteiger partial charge in [0.05, 0.1) is 18.2 Å². The monoisotopic (exact) mass is 274 g/mol. The molecule has 1 unspecified atom stereocenters. The third-order valence-corrected chi connectivity index (χ3v) is 8.51. The van der Waals surface area contributed by atoms with Crippen LogP contribution in [0.1, 0.15) is 33.6 Å². The molecule has 0 radical (unpaired) electrons. The van der Waals surface area contributed by atoms with E-state index in [0.717, 1.165) is 12.8 Å². The van der Waals surface area contributed by atoms with Crippen LogP contribution in [0.25, 0.3) is 0 Å². The zero-order valence-electron chi connectivity index (χ0n) is 8.93. The van der Waals surface area contributed by atoms with E-state index in [4.69, 9.17) is 20.9 Å². The molecule has 0 spiro atoms. The second kappa shape index (κ2) is 8.43. The van der Waals surface area contributed by atoms with Gasteiger partial charge in [0.1, 0.15) is 0 Å². The van der Waals surface area contributed by atoms with E-state index in [0.29, 0.717) is 13.2 Å². The molecule has 0 N–H and O–H groups in total. The number of thiol groups is 1. The molecule has 0 saturated heterocycles. The second-order valence-corrected chi connectivity index (χ2v) is 8.23. The molecule has 2 nitrogen and oxygen atoms in total. The van der Waals surface area contributed by atoms with E-state index in [1.54, 1.807) is 0 Å². The van der Waals surface area contributed by atoms with Crippen LogP contribution in [0.5, 0.6) is 0 Å². The molecule has 86 valence electrons. The molecule has 0 aliphatic carbocycles. The molecule has 0 rings (SSSR count). The Hall–Kier alpha value is 1.27. The van der Waals surface area contributed by atoms with Crippen LogP contribution in [0.4, 0.5) is 0 Å². The maximum absolute atomic E-state index is 5.61. The molecule has 0 fully saturated rings. The summed E-state index contributed by atoms with van der Waals surface area (Å²) >= 11 is 9.73. The van der Waals surface area contributed by atoms with Gasteiger partial charge < -0.3 is 9.05 Å². The van der Waals surface area contributed by atoms with E-state index in [-0.39, 0.29) is 4.99 Å². The van der Waals surface area contributed by atoms with Gasteiger partial charge in [-0.1, -0.05) is 24.1 Å². The predicted octanol–water partition coefficient (Wildman–Crippen LogP) is 4.07. The van der Waals surface area contributed by atoms with Crippen LogP contribution < -0.4 is 0 Å². The van der Waals surface area contributed by atoms with Gasteiger partial charge in [0.15, 0.2) is 0 Å². The van der Waals surface area contributed by atoms with Crippen molar-refractivity contribution in [3.63, 3.8) is 0 Å². The molecule has 0 aromatic carbocycles. The lowest BCUT2D eigenvalue weighted by atomic mass is 10.4. The number of hydrogen-bond donors (Lipinski definition) is 1. The fraction of sp³-hybridized carbons (Fsp3) is 1.00. The molecule has 0 bridgehead atoms. The lowest BCUT2D eigenvalue weighted by Crippen LogP contribution is -2.08. The summed E-state index contributed by atoms with van der Waals surface area (Å²) in [4.78, 5) is 0.214. The zero-order valence-corrected chi connectivity index (χ0v) is 12.4. The van der Waals surface area contributed by atoms with Crippen molar-refractivity contribution in [2.75, 3.05) is 13.2 Å². The van der Waals surface area contributed by atoms with E-state index in [1.807, 2.05) is 13.8 Å². The first-order chi connectivity index (χ1) is 6.64. The maximum atomic E-state index is 5.61. The third kappa shape index (κ3) is 4.86. The SMILES string of the molecule is CCCC(SS)P(=S)(OCC)OCC. The van der Waals surface area contributed by atoms with E-state index in [9.17, 15) is 0 Å². The minimum absolute atomic E-state index is 0.214. The molecular formula is C8H19O2PS3. The van der Waals surface area contributed by atoms with Crippen LogP contribution in [-0.4, -0.2) is 18.2 Å². The first-order valence-corrected chi connectivity index (χ1v) is 9.47. The molecule has 14 heavy (non-hydrogen) atoms. The van der Waals surface area contributed by atoms with Crippen molar-refractivity contribution in [1.29, 1.82) is 0 Å². The summed E-state index contributed by atoms with van der Waals surface area (Å²) in [6.45, 7) is 5.14. The van der Waals surface area contributed by atoms with Crippen molar-refractivity contribution in [2.24, 2.45) is 0 Å². The van der Waals surface area contributed by atoms with E-state index in [1.165, 1.54) is 10.8 Å². The van der Waals surface area contributed by atoms with Crippen LogP contribution in [0.15, 0.2) is 0 Å². The summed E-state index contributed by atoms with van der Waals surface area (Å²) in [5.41, 5.74) is 0. The summed E-state index contributed by atoms with van der Waals surface area (Å²) in [7, 11) is 1.47. The summed E-state index contributed by atoms with van der Waals surface area (Å²) in [6, 6.07) is 0. The van der Waals surface area contributed by atoms with Gasteiger partial charge in [-0.25, -0.2) is 0 Å². The molecule has 6 heteroatoms.